The number of anilines is 1. The number of aromatic nitrogens is 1. The number of carbonyl (C=O) groups excluding carboxylic acids is 1. The molecule has 0 unspecified atom stereocenters. The molecular formula is C13H13N3O4S. The second-order valence-corrected chi connectivity index (χ2v) is 5.20. The lowest BCUT2D eigenvalue weighted by molar-refractivity contribution is -0.139. The third-order valence-corrected chi connectivity index (χ3v) is 3.41. The summed E-state index contributed by atoms with van der Waals surface area (Å²) in [7, 11) is 0. The first-order valence-electron chi connectivity index (χ1n) is 5.98. The molecule has 0 spiro atoms. The molecule has 1 aromatic carbocycles. The number of phenols is 1. The predicted molar refractivity (Wildman–Crippen MR) is 77.2 cm³/mol. The summed E-state index contributed by atoms with van der Waals surface area (Å²) in [6.07, 6.45) is 0.0982. The van der Waals surface area contributed by atoms with Crippen molar-refractivity contribution in [3.05, 3.63) is 40.9 Å². The Kier molecular flexibility index (Phi) is 4.39. The molecule has 0 fully saturated rings. The van der Waals surface area contributed by atoms with Gasteiger partial charge in [0, 0.05) is 11.8 Å². The minimum absolute atomic E-state index is 0.0904. The van der Waals surface area contributed by atoms with Gasteiger partial charge in [0.05, 0.1) is 0 Å². The molecule has 0 aliphatic rings. The van der Waals surface area contributed by atoms with Crippen LogP contribution in [0.5, 0.6) is 5.75 Å². The van der Waals surface area contributed by atoms with Crippen molar-refractivity contribution < 1.29 is 19.8 Å². The molecule has 0 saturated heterocycles. The van der Waals surface area contributed by atoms with Gasteiger partial charge in [-0.1, -0.05) is 12.1 Å². The molecule has 0 bridgehead atoms. The van der Waals surface area contributed by atoms with E-state index in [4.69, 9.17) is 5.73 Å². The van der Waals surface area contributed by atoms with Crippen molar-refractivity contribution in [2.75, 3.05) is 5.73 Å². The van der Waals surface area contributed by atoms with Gasteiger partial charge in [0.25, 0.3) is 5.91 Å². The minimum Gasteiger partial charge on any atom is -0.508 e. The molecule has 7 nitrogen and oxygen atoms in total. The van der Waals surface area contributed by atoms with Crippen LogP contribution in [-0.4, -0.2) is 33.1 Å². The van der Waals surface area contributed by atoms with Gasteiger partial charge in [0.2, 0.25) is 0 Å². The van der Waals surface area contributed by atoms with Crippen molar-refractivity contribution in [3.63, 3.8) is 0 Å². The fourth-order valence-electron chi connectivity index (χ4n) is 1.69. The van der Waals surface area contributed by atoms with Gasteiger partial charge in [-0.2, -0.15) is 0 Å². The number of carboxylic acids is 1. The summed E-state index contributed by atoms with van der Waals surface area (Å²) in [5.74, 6) is -1.65. The van der Waals surface area contributed by atoms with Crippen LogP contribution in [0.2, 0.25) is 0 Å². The number of hydrogen-bond acceptors (Lipinski definition) is 6. The zero-order valence-corrected chi connectivity index (χ0v) is 11.6. The number of thiazole rings is 1. The Bertz CT molecular complexity index is 654. The maximum absolute atomic E-state index is 11.9. The average molecular weight is 307 g/mol. The van der Waals surface area contributed by atoms with E-state index >= 15 is 0 Å². The Morgan fingerprint density at radius 3 is 2.52 bits per heavy atom. The van der Waals surface area contributed by atoms with Crippen LogP contribution in [0.3, 0.4) is 0 Å². The third kappa shape index (κ3) is 3.93. The summed E-state index contributed by atoms with van der Waals surface area (Å²) in [5, 5.41) is 22.5. The largest absolute Gasteiger partial charge is 0.508 e. The van der Waals surface area contributed by atoms with Crippen molar-refractivity contribution in [3.8, 4) is 5.75 Å². The van der Waals surface area contributed by atoms with Crippen molar-refractivity contribution in [2.24, 2.45) is 0 Å². The van der Waals surface area contributed by atoms with E-state index in [1.807, 2.05) is 0 Å². The number of nitrogens with two attached hydrogens (primary N) is 1. The lowest BCUT2D eigenvalue weighted by Gasteiger charge is -2.13. The minimum atomic E-state index is -1.15. The average Bonchev–Trinajstić information content (AvgIpc) is 2.87. The quantitative estimate of drug-likeness (QED) is 0.649. The van der Waals surface area contributed by atoms with E-state index < -0.39 is 17.9 Å². The molecule has 0 saturated carbocycles. The third-order valence-electron chi connectivity index (χ3n) is 2.73. The fourth-order valence-corrected chi connectivity index (χ4v) is 2.24. The van der Waals surface area contributed by atoms with Crippen LogP contribution < -0.4 is 11.1 Å². The number of rotatable bonds is 5. The first-order chi connectivity index (χ1) is 9.95. The first-order valence-corrected chi connectivity index (χ1v) is 6.86. The molecule has 110 valence electrons. The normalized spacial score (nSPS) is 11.8. The Balaban J connectivity index is 2.07. The standard InChI is InChI=1S/C13H13N3O4S/c14-13-16-10(6-21-13)11(18)15-9(12(19)20)5-7-1-3-8(17)4-2-7/h1-4,6,9,17H,5H2,(H2,14,16)(H,15,18)(H,19,20)/t9-/m1/s1. The second kappa shape index (κ2) is 6.23. The Hall–Kier alpha value is -2.61. The van der Waals surface area contributed by atoms with E-state index in [9.17, 15) is 19.8 Å². The van der Waals surface area contributed by atoms with Crippen LogP contribution in [0.4, 0.5) is 5.13 Å². The van der Waals surface area contributed by atoms with E-state index in [0.717, 1.165) is 11.3 Å². The number of hydrogen-bond donors (Lipinski definition) is 4. The number of nitrogens with one attached hydrogen (secondary N) is 1. The highest BCUT2D eigenvalue weighted by Crippen LogP contribution is 2.13. The summed E-state index contributed by atoms with van der Waals surface area (Å²) in [6.45, 7) is 0. The van der Waals surface area contributed by atoms with Gasteiger partial charge in [-0.05, 0) is 17.7 Å². The number of amides is 1. The molecule has 0 aliphatic heterocycles. The highest BCUT2D eigenvalue weighted by atomic mass is 32.1. The van der Waals surface area contributed by atoms with E-state index in [2.05, 4.69) is 10.3 Å². The van der Waals surface area contributed by atoms with Gasteiger partial charge in [-0.3, -0.25) is 4.79 Å². The molecule has 8 heteroatoms. The van der Waals surface area contributed by atoms with Crippen LogP contribution in [-0.2, 0) is 11.2 Å². The van der Waals surface area contributed by atoms with Crippen LogP contribution in [0, 0.1) is 0 Å². The molecule has 0 radical (unpaired) electrons. The zero-order chi connectivity index (χ0) is 15.4. The van der Waals surface area contributed by atoms with Crippen LogP contribution >= 0.6 is 11.3 Å². The fraction of sp³-hybridized carbons (Fsp3) is 0.154. The van der Waals surface area contributed by atoms with Crippen molar-refractivity contribution in [1.29, 1.82) is 0 Å². The smallest absolute Gasteiger partial charge is 0.326 e. The maximum atomic E-state index is 11.9. The summed E-state index contributed by atoms with van der Waals surface area (Å²) in [5.41, 5.74) is 6.20. The molecule has 21 heavy (non-hydrogen) atoms. The first kappa shape index (κ1) is 14.8. The molecule has 1 heterocycles. The molecule has 1 atom stereocenters. The molecular weight excluding hydrogens is 294 g/mol. The van der Waals surface area contributed by atoms with Crippen LogP contribution in [0.1, 0.15) is 16.1 Å². The zero-order valence-electron chi connectivity index (χ0n) is 10.8. The second-order valence-electron chi connectivity index (χ2n) is 4.31. The molecule has 2 rings (SSSR count). The lowest BCUT2D eigenvalue weighted by Crippen LogP contribution is -2.42. The monoisotopic (exact) mass is 307 g/mol. The number of aliphatic carboxylic acids is 1. The van der Waals surface area contributed by atoms with Gasteiger partial charge in [-0.25, -0.2) is 9.78 Å². The molecule has 5 N–H and O–H groups in total. The number of nitrogen functional groups attached to an aromatic ring is 1. The molecule has 2 aromatic rings. The summed E-state index contributed by atoms with van der Waals surface area (Å²) in [4.78, 5) is 26.9. The summed E-state index contributed by atoms with van der Waals surface area (Å²) < 4.78 is 0. The van der Waals surface area contributed by atoms with Crippen molar-refractivity contribution in [1.82, 2.24) is 10.3 Å². The Morgan fingerprint density at radius 2 is 2.00 bits per heavy atom. The number of nitrogens with zero attached hydrogens (tertiary/aromatic N) is 1. The van der Waals surface area contributed by atoms with Gasteiger partial charge >= 0.3 is 5.97 Å². The van der Waals surface area contributed by atoms with E-state index in [0.29, 0.717) is 5.56 Å². The number of benzene rings is 1. The SMILES string of the molecule is Nc1nc(C(=O)N[C@H](Cc2ccc(O)cc2)C(=O)O)cs1. The van der Waals surface area contributed by atoms with Gasteiger partial charge in [0.1, 0.15) is 17.5 Å². The number of aromatic hydroxyl groups is 1. The number of carboxylic acid groups (broad SMARTS) is 1. The highest BCUT2D eigenvalue weighted by Gasteiger charge is 2.22. The van der Waals surface area contributed by atoms with E-state index in [-0.39, 0.29) is 23.0 Å². The number of phenolic OH excluding ortho intramolecular Hbond substituents is 1. The molecule has 0 aliphatic carbocycles. The Morgan fingerprint density at radius 1 is 1.33 bits per heavy atom. The van der Waals surface area contributed by atoms with Crippen molar-refractivity contribution >= 4 is 28.3 Å². The Labute approximate surface area is 124 Å². The van der Waals surface area contributed by atoms with Crippen LogP contribution in [0.15, 0.2) is 29.6 Å². The summed E-state index contributed by atoms with van der Waals surface area (Å²) in [6, 6.07) is 5.01. The van der Waals surface area contributed by atoms with E-state index in [1.165, 1.54) is 17.5 Å². The predicted octanol–water partition coefficient (Wildman–Crippen LogP) is 0.857. The van der Waals surface area contributed by atoms with Crippen molar-refractivity contribution in [2.45, 2.75) is 12.5 Å². The molecule has 1 aromatic heterocycles. The maximum Gasteiger partial charge on any atom is 0.326 e. The molecule has 1 amide bonds. The number of carbonyl (C=O) groups is 2. The van der Waals surface area contributed by atoms with Gasteiger partial charge in [-0.15, -0.1) is 11.3 Å². The highest BCUT2D eigenvalue weighted by molar-refractivity contribution is 7.13. The summed E-state index contributed by atoms with van der Waals surface area (Å²) >= 11 is 1.10. The topological polar surface area (TPSA) is 126 Å². The lowest BCUT2D eigenvalue weighted by atomic mass is 10.1. The van der Waals surface area contributed by atoms with Crippen LogP contribution in [0.25, 0.3) is 0 Å². The van der Waals surface area contributed by atoms with E-state index in [1.54, 1.807) is 12.1 Å². The van der Waals surface area contributed by atoms with Gasteiger partial charge < -0.3 is 21.3 Å². The van der Waals surface area contributed by atoms with Gasteiger partial charge in [0.15, 0.2) is 5.13 Å².